The summed E-state index contributed by atoms with van der Waals surface area (Å²) in [6.45, 7) is 9.69. The van der Waals surface area contributed by atoms with Crippen molar-refractivity contribution < 1.29 is 19.4 Å². The third-order valence-corrected chi connectivity index (χ3v) is 3.31. The summed E-state index contributed by atoms with van der Waals surface area (Å²) in [5.41, 5.74) is -0.563. The summed E-state index contributed by atoms with van der Waals surface area (Å²) in [6.07, 6.45) is 0.740. The molecule has 6 heteroatoms. The highest BCUT2D eigenvalue weighted by Gasteiger charge is 2.32. The fourth-order valence-corrected chi connectivity index (χ4v) is 2.40. The quantitative estimate of drug-likeness (QED) is 0.537. The number of esters is 1. The fourth-order valence-electron chi connectivity index (χ4n) is 1.95. The number of nitrogens with zero attached hydrogens (tertiary/aromatic N) is 1. The molecule has 0 aliphatic rings. The topological polar surface area (TPSA) is 66.8 Å². The molecule has 0 saturated carbocycles. The molecule has 20 heavy (non-hydrogen) atoms. The van der Waals surface area contributed by atoms with Gasteiger partial charge in [-0.2, -0.15) is 0 Å². The van der Waals surface area contributed by atoms with E-state index < -0.39 is 23.6 Å². The number of hydrogen-bond donors (Lipinski definition) is 1. The number of halogens is 1. The Hall–Kier alpha value is -0.620. The van der Waals surface area contributed by atoms with E-state index in [-0.39, 0.29) is 12.5 Å². The zero-order chi connectivity index (χ0) is 15.9. The molecule has 0 heterocycles. The third kappa shape index (κ3) is 7.24. The Balaban J connectivity index is 4.92. The molecule has 0 aromatic rings. The van der Waals surface area contributed by atoms with Crippen molar-refractivity contribution in [3.05, 3.63) is 0 Å². The van der Waals surface area contributed by atoms with E-state index in [1.807, 2.05) is 13.8 Å². The number of alkyl halides is 1. The van der Waals surface area contributed by atoms with Gasteiger partial charge in [-0.05, 0) is 26.7 Å². The number of hydrogen-bond acceptors (Lipinski definition) is 4. The molecule has 5 nitrogen and oxygen atoms in total. The van der Waals surface area contributed by atoms with E-state index >= 15 is 0 Å². The number of ether oxygens (including phenoxy) is 1. The van der Waals surface area contributed by atoms with E-state index in [4.69, 9.17) is 4.74 Å². The van der Waals surface area contributed by atoms with Crippen molar-refractivity contribution in [1.82, 2.24) is 4.90 Å². The largest absolute Gasteiger partial charge is 0.480 e. The molecular formula is C14H26BrNO4. The predicted octanol–water partition coefficient (Wildman–Crippen LogP) is 2.52. The Bertz CT molecular complexity index is 328. The Labute approximate surface area is 129 Å². The summed E-state index contributed by atoms with van der Waals surface area (Å²) in [5, 5.41) is 10.0. The van der Waals surface area contributed by atoms with Crippen LogP contribution < -0.4 is 0 Å². The standard InChI is InChI=1S/C14H26BrNO4/c1-6-10(2)12(13(18)19)16(8-7-15)9-11(17)20-14(3,4)5/h10,12H,6-9H2,1-5H3,(H,18,19)/t10?,12-/m0/s1. The lowest BCUT2D eigenvalue weighted by atomic mass is 9.97. The number of carboxylic acid groups (broad SMARTS) is 1. The van der Waals surface area contributed by atoms with Crippen LogP contribution in [0.3, 0.4) is 0 Å². The van der Waals surface area contributed by atoms with E-state index in [9.17, 15) is 14.7 Å². The minimum Gasteiger partial charge on any atom is -0.480 e. The zero-order valence-electron chi connectivity index (χ0n) is 13.0. The van der Waals surface area contributed by atoms with Gasteiger partial charge in [-0.25, -0.2) is 0 Å². The van der Waals surface area contributed by atoms with Crippen molar-refractivity contribution in [1.29, 1.82) is 0 Å². The van der Waals surface area contributed by atoms with Crippen molar-refractivity contribution in [2.24, 2.45) is 5.92 Å². The summed E-state index contributed by atoms with van der Waals surface area (Å²) in [6, 6.07) is -0.676. The minimum absolute atomic E-state index is 0.00975. The van der Waals surface area contributed by atoms with Gasteiger partial charge in [0.2, 0.25) is 0 Å². The first-order valence-electron chi connectivity index (χ1n) is 6.87. The maximum atomic E-state index is 11.9. The molecule has 0 aliphatic heterocycles. The molecular weight excluding hydrogens is 326 g/mol. The van der Waals surface area contributed by atoms with E-state index in [0.717, 1.165) is 6.42 Å². The van der Waals surface area contributed by atoms with Crippen LogP contribution in [-0.4, -0.2) is 52.0 Å². The summed E-state index contributed by atoms with van der Waals surface area (Å²) in [7, 11) is 0. The van der Waals surface area contributed by atoms with Gasteiger partial charge in [-0.15, -0.1) is 0 Å². The van der Waals surface area contributed by atoms with Gasteiger partial charge in [0, 0.05) is 11.9 Å². The van der Waals surface area contributed by atoms with E-state index in [2.05, 4.69) is 15.9 Å². The number of rotatable bonds is 8. The monoisotopic (exact) mass is 351 g/mol. The number of carbonyl (C=O) groups is 2. The molecule has 0 saturated heterocycles. The SMILES string of the molecule is CCC(C)[C@@H](C(=O)O)N(CCBr)CC(=O)OC(C)(C)C. The average Bonchev–Trinajstić information content (AvgIpc) is 2.25. The summed E-state index contributed by atoms with van der Waals surface area (Å²) >= 11 is 3.30. The van der Waals surface area contributed by atoms with Crippen LogP contribution in [0, 0.1) is 5.92 Å². The van der Waals surface area contributed by atoms with Crippen molar-refractivity contribution in [3.8, 4) is 0 Å². The second kappa shape index (κ2) is 8.62. The van der Waals surface area contributed by atoms with E-state index in [1.54, 1.807) is 25.7 Å². The minimum atomic E-state index is -0.899. The summed E-state index contributed by atoms with van der Waals surface area (Å²) < 4.78 is 5.27. The van der Waals surface area contributed by atoms with Gasteiger partial charge < -0.3 is 9.84 Å². The highest BCUT2D eigenvalue weighted by Crippen LogP contribution is 2.16. The van der Waals surface area contributed by atoms with Crippen LogP contribution in [0.2, 0.25) is 0 Å². The molecule has 0 amide bonds. The molecule has 118 valence electrons. The van der Waals surface area contributed by atoms with Gasteiger partial charge in [0.1, 0.15) is 11.6 Å². The van der Waals surface area contributed by atoms with Crippen LogP contribution in [0.15, 0.2) is 0 Å². The van der Waals surface area contributed by atoms with Crippen molar-refractivity contribution >= 4 is 27.9 Å². The number of carboxylic acids is 1. The third-order valence-electron chi connectivity index (χ3n) is 2.95. The molecule has 1 unspecified atom stereocenters. The smallest absolute Gasteiger partial charge is 0.321 e. The van der Waals surface area contributed by atoms with Gasteiger partial charge >= 0.3 is 11.9 Å². The van der Waals surface area contributed by atoms with Crippen LogP contribution in [-0.2, 0) is 14.3 Å². The van der Waals surface area contributed by atoms with Gasteiger partial charge in [0.05, 0.1) is 6.54 Å². The number of aliphatic carboxylic acids is 1. The normalized spacial score (nSPS) is 14.9. The highest BCUT2D eigenvalue weighted by atomic mass is 79.9. The molecule has 0 aromatic carbocycles. The van der Waals surface area contributed by atoms with Gasteiger partial charge in [-0.3, -0.25) is 14.5 Å². The predicted molar refractivity (Wildman–Crippen MR) is 82.1 cm³/mol. The summed E-state index contributed by atoms with van der Waals surface area (Å²) in [4.78, 5) is 25.0. The molecule has 0 bridgehead atoms. The van der Waals surface area contributed by atoms with Crippen molar-refractivity contribution in [3.63, 3.8) is 0 Å². The molecule has 0 fully saturated rings. The highest BCUT2D eigenvalue weighted by molar-refractivity contribution is 9.09. The molecule has 0 spiro atoms. The lowest BCUT2D eigenvalue weighted by molar-refractivity contribution is -0.158. The van der Waals surface area contributed by atoms with Crippen LogP contribution in [0.5, 0.6) is 0 Å². The van der Waals surface area contributed by atoms with Crippen LogP contribution >= 0.6 is 15.9 Å². The lowest BCUT2D eigenvalue weighted by Gasteiger charge is -2.32. The zero-order valence-corrected chi connectivity index (χ0v) is 14.6. The van der Waals surface area contributed by atoms with Crippen molar-refractivity contribution in [2.45, 2.75) is 52.7 Å². The van der Waals surface area contributed by atoms with Crippen molar-refractivity contribution in [2.75, 3.05) is 18.4 Å². The van der Waals surface area contributed by atoms with Gasteiger partial charge in [-0.1, -0.05) is 36.2 Å². The molecule has 0 rings (SSSR count). The van der Waals surface area contributed by atoms with Gasteiger partial charge in [0.15, 0.2) is 0 Å². The lowest BCUT2D eigenvalue weighted by Crippen LogP contribution is -2.49. The Morgan fingerprint density at radius 3 is 2.25 bits per heavy atom. The first kappa shape index (κ1) is 19.4. The molecule has 2 atom stereocenters. The van der Waals surface area contributed by atoms with Gasteiger partial charge in [0.25, 0.3) is 0 Å². The first-order chi connectivity index (χ1) is 9.12. The number of carbonyl (C=O) groups excluding carboxylic acids is 1. The second-order valence-electron chi connectivity index (χ2n) is 5.91. The molecule has 0 aromatic heterocycles. The van der Waals surface area contributed by atoms with E-state index in [0.29, 0.717) is 11.9 Å². The second-order valence-corrected chi connectivity index (χ2v) is 6.71. The Kier molecular flexibility index (Phi) is 8.35. The summed E-state index contributed by atoms with van der Waals surface area (Å²) in [5.74, 6) is -1.33. The maximum absolute atomic E-state index is 11.9. The first-order valence-corrected chi connectivity index (χ1v) is 7.99. The van der Waals surface area contributed by atoms with Crippen LogP contribution in [0.4, 0.5) is 0 Å². The Morgan fingerprint density at radius 1 is 1.35 bits per heavy atom. The fraction of sp³-hybridized carbons (Fsp3) is 0.857. The maximum Gasteiger partial charge on any atom is 0.321 e. The Morgan fingerprint density at radius 2 is 1.90 bits per heavy atom. The van der Waals surface area contributed by atoms with E-state index in [1.165, 1.54) is 0 Å². The molecule has 0 radical (unpaired) electrons. The molecule has 0 aliphatic carbocycles. The average molecular weight is 352 g/mol. The van der Waals surface area contributed by atoms with Crippen LogP contribution in [0.1, 0.15) is 41.0 Å². The molecule has 1 N–H and O–H groups in total. The van der Waals surface area contributed by atoms with Crippen LogP contribution in [0.25, 0.3) is 0 Å².